The number of ether oxygens (including phenoxy) is 1. The molecule has 0 aromatic carbocycles. The lowest BCUT2D eigenvalue weighted by Gasteiger charge is -2.11. The van der Waals surface area contributed by atoms with Gasteiger partial charge in [-0.25, -0.2) is 9.97 Å². The number of hydrogen-bond donors (Lipinski definition) is 1. The molecule has 7 nitrogen and oxygen atoms in total. The highest BCUT2D eigenvalue weighted by Gasteiger charge is 2.40. The van der Waals surface area contributed by atoms with E-state index in [1.54, 1.807) is 11.3 Å². The van der Waals surface area contributed by atoms with Gasteiger partial charge in [-0.2, -0.15) is 9.97 Å². The molecule has 3 heterocycles. The molecule has 3 aromatic rings. The van der Waals surface area contributed by atoms with Crippen LogP contribution < -0.4 is 10.1 Å². The molecule has 9 heteroatoms. The second-order valence-corrected chi connectivity index (χ2v) is 8.89. The van der Waals surface area contributed by atoms with E-state index in [2.05, 4.69) is 31.4 Å². The number of aryl methyl sites for hydroxylation is 3. The number of nitrogens with zero attached hydrogens (tertiary/aromatic N) is 5. The van der Waals surface area contributed by atoms with E-state index in [1.807, 2.05) is 38.7 Å². The highest BCUT2D eigenvalue weighted by Crippen LogP contribution is 2.46. The summed E-state index contributed by atoms with van der Waals surface area (Å²) in [5.41, 5.74) is 2.97. The number of rotatable bonds is 7. The molecule has 1 aliphatic carbocycles. The van der Waals surface area contributed by atoms with Crippen molar-refractivity contribution < 1.29 is 4.74 Å². The van der Waals surface area contributed by atoms with Crippen molar-refractivity contribution in [1.82, 2.24) is 24.5 Å². The SMILES string of the molecule is Cc1nc(C)c(CNc2nc(OCC3CC3c3cn(C)cn3)nc(Cl)c2C)s1. The van der Waals surface area contributed by atoms with E-state index in [9.17, 15) is 0 Å². The minimum Gasteiger partial charge on any atom is -0.463 e. The van der Waals surface area contributed by atoms with Crippen molar-refractivity contribution in [2.24, 2.45) is 13.0 Å². The van der Waals surface area contributed by atoms with Crippen molar-refractivity contribution in [2.75, 3.05) is 11.9 Å². The predicted molar refractivity (Wildman–Crippen MR) is 110 cm³/mol. The van der Waals surface area contributed by atoms with E-state index < -0.39 is 0 Å². The molecular weight excluding hydrogens is 396 g/mol. The Morgan fingerprint density at radius 2 is 2.11 bits per heavy atom. The lowest BCUT2D eigenvalue weighted by molar-refractivity contribution is 0.274. The average Bonchev–Trinajstić information content (AvgIpc) is 3.18. The lowest BCUT2D eigenvalue weighted by Crippen LogP contribution is -2.09. The molecule has 1 saturated carbocycles. The van der Waals surface area contributed by atoms with E-state index in [0.29, 0.717) is 42.0 Å². The number of thiazole rings is 1. The number of imidazole rings is 1. The highest BCUT2D eigenvalue weighted by atomic mass is 35.5. The van der Waals surface area contributed by atoms with Crippen LogP contribution in [0.25, 0.3) is 0 Å². The van der Waals surface area contributed by atoms with Crippen LogP contribution in [0.15, 0.2) is 12.5 Å². The molecule has 4 rings (SSSR count). The largest absolute Gasteiger partial charge is 0.463 e. The van der Waals surface area contributed by atoms with Crippen LogP contribution in [0.2, 0.25) is 5.15 Å². The molecule has 1 fully saturated rings. The molecule has 1 N–H and O–H groups in total. The van der Waals surface area contributed by atoms with Gasteiger partial charge in [-0.1, -0.05) is 11.6 Å². The summed E-state index contributed by atoms with van der Waals surface area (Å²) in [5, 5.41) is 4.81. The van der Waals surface area contributed by atoms with Gasteiger partial charge in [0.1, 0.15) is 11.0 Å². The summed E-state index contributed by atoms with van der Waals surface area (Å²) in [4.78, 5) is 18.9. The maximum atomic E-state index is 6.30. The van der Waals surface area contributed by atoms with Crippen LogP contribution in [0.1, 0.15) is 39.2 Å². The molecule has 0 spiro atoms. The summed E-state index contributed by atoms with van der Waals surface area (Å²) in [6.07, 6.45) is 4.97. The predicted octanol–water partition coefficient (Wildman–Crippen LogP) is 4.04. The van der Waals surface area contributed by atoms with Gasteiger partial charge in [-0.15, -0.1) is 11.3 Å². The number of nitrogens with one attached hydrogen (secondary N) is 1. The Morgan fingerprint density at radius 3 is 2.79 bits per heavy atom. The minimum absolute atomic E-state index is 0.307. The van der Waals surface area contributed by atoms with E-state index in [-0.39, 0.29) is 0 Å². The minimum atomic E-state index is 0.307. The molecule has 3 aromatic heterocycles. The molecule has 0 amide bonds. The Labute approximate surface area is 173 Å². The molecule has 0 saturated heterocycles. The number of anilines is 1. The van der Waals surface area contributed by atoms with Gasteiger partial charge in [-0.3, -0.25) is 0 Å². The zero-order valence-corrected chi connectivity index (χ0v) is 17.9. The Balaban J connectivity index is 1.39. The Morgan fingerprint density at radius 1 is 1.29 bits per heavy atom. The molecular formula is C19H23ClN6OS. The van der Waals surface area contributed by atoms with E-state index in [1.165, 1.54) is 4.88 Å². The van der Waals surface area contributed by atoms with Crippen LogP contribution in [-0.2, 0) is 13.6 Å². The fourth-order valence-corrected chi connectivity index (χ4v) is 4.25. The molecule has 2 unspecified atom stereocenters. The van der Waals surface area contributed by atoms with Gasteiger partial charge in [0.2, 0.25) is 0 Å². The molecule has 148 valence electrons. The quantitative estimate of drug-likeness (QED) is 0.583. The maximum Gasteiger partial charge on any atom is 0.319 e. The molecule has 28 heavy (non-hydrogen) atoms. The van der Waals surface area contributed by atoms with Gasteiger partial charge >= 0.3 is 6.01 Å². The second-order valence-electron chi connectivity index (χ2n) is 7.24. The third-order valence-corrected chi connectivity index (χ3v) is 6.38. The third-order valence-electron chi connectivity index (χ3n) is 4.94. The average molecular weight is 419 g/mol. The van der Waals surface area contributed by atoms with Gasteiger partial charge in [0.25, 0.3) is 0 Å². The summed E-state index contributed by atoms with van der Waals surface area (Å²) in [7, 11) is 1.98. The van der Waals surface area contributed by atoms with Crippen LogP contribution >= 0.6 is 22.9 Å². The normalized spacial score (nSPS) is 18.3. The standard InChI is InChI=1S/C19H23ClN6OS/c1-10-17(20)24-19(25-18(10)21-6-16-11(2)23-12(3)28-16)27-8-13-5-14(13)15-7-26(4)9-22-15/h7,9,13-14H,5-6,8H2,1-4H3,(H,21,24,25). The van der Waals surface area contributed by atoms with Crippen LogP contribution in [0, 0.1) is 26.7 Å². The zero-order chi connectivity index (χ0) is 19.8. The second kappa shape index (κ2) is 7.67. The first-order chi connectivity index (χ1) is 13.4. The van der Waals surface area contributed by atoms with Gasteiger partial charge in [0.05, 0.1) is 35.9 Å². The summed E-state index contributed by atoms with van der Waals surface area (Å²) in [5.74, 6) is 1.59. The fourth-order valence-electron chi connectivity index (χ4n) is 3.21. The van der Waals surface area contributed by atoms with Crippen molar-refractivity contribution in [3.63, 3.8) is 0 Å². The Hall–Kier alpha value is -2.19. The van der Waals surface area contributed by atoms with E-state index in [0.717, 1.165) is 28.4 Å². The summed E-state index contributed by atoms with van der Waals surface area (Å²) in [6.45, 7) is 7.14. The molecule has 0 radical (unpaired) electrons. The van der Waals surface area contributed by atoms with E-state index in [4.69, 9.17) is 16.3 Å². The number of hydrogen-bond acceptors (Lipinski definition) is 7. The molecule has 1 aliphatic rings. The van der Waals surface area contributed by atoms with Crippen LogP contribution in [0.4, 0.5) is 5.82 Å². The summed E-state index contributed by atoms with van der Waals surface area (Å²) < 4.78 is 7.82. The van der Waals surface area contributed by atoms with Crippen molar-refractivity contribution in [1.29, 1.82) is 0 Å². The van der Waals surface area contributed by atoms with Gasteiger partial charge in [-0.05, 0) is 27.2 Å². The van der Waals surface area contributed by atoms with Crippen LogP contribution in [-0.4, -0.2) is 31.1 Å². The smallest absolute Gasteiger partial charge is 0.319 e. The molecule has 0 aliphatic heterocycles. The van der Waals surface area contributed by atoms with Crippen molar-refractivity contribution in [2.45, 2.75) is 39.7 Å². The first-order valence-corrected chi connectivity index (χ1v) is 10.4. The van der Waals surface area contributed by atoms with E-state index >= 15 is 0 Å². The third kappa shape index (κ3) is 4.12. The van der Waals surface area contributed by atoms with Crippen molar-refractivity contribution >= 4 is 28.8 Å². The van der Waals surface area contributed by atoms with Gasteiger partial charge < -0.3 is 14.6 Å². The molecule has 2 atom stereocenters. The van der Waals surface area contributed by atoms with Crippen molar-refractivity contribution in [3.05, 3.63) is 44.5 Å². The first kappa shape index (κ1) is 19.1. The number of aromatic nitrogens is 5. The Bertz CT molecular complexity index is 1000. The lowest BCUT2D eigenvalue weighted by atomic mass is 10.2. The summed E-state index contributed by atoms with van der Waals surface area (Å²) >= 11 is 7.98. The topological polar surface area (TPSA) is 77.8 Å². The van der Waals surface area contributed by atoms with Gasteiger partial charge in [0.15, 0.2) is 0 Å². The summed E-state index contributed by atoms with van der Waals surface area (Å²) in [6, 6.07) is 0.307. The Kier molecular flexibility index (Phi) is 5.25. The van der Waals surface area contributed by atoms with Crippen LogP contribution in [0.3, 0.4) is 0 Å². The number of halogens is 1. The zero-order valence-electron chi connectivity index (χ0n) is 16.4. The molecule has 0 bridgehead atoms. The fraction of sp³-hybridized carbons (Fsp3) is 0.474. The van der Waals surface area contributed by atoms with Crippen molar-refractivity contribution in [3.8, 4) is 6.01 Å². The van der Waals surface area contributed by atoms with Gasteiger partial charge in [0, 0.05) is 35.5 Å². The highest BCUT2D eigenvalue weighted by molar-refractivity contribution is 7.11. The van der Waals surface area contributed by atoms with Crippen LogP contribution in [0.5, 0.6) is 6.01 Å². The monoisotopic (exact) mass is 418 g/mol. The first-order valence-electron chi connectivity index (χ1n) is 9.22. The maximum absolute atomic E-state index is 6.30.